The van der Waals surface area contributed by atoms with E-state index in [2.05, 4.69) is 46.4 Å². The summed E-state index contributed by atoms with van der Waals surface area (Å²) >= 11 is 0. The van der Waals surface area contributed by atoms with Crippen LogP contribution in [0.1, 0.15) is 0 Å². The summed E-state index contributed by atoms with van der Waals surface area (Å²) in [7, 11) is 0. The van der Waals surface area contributed by atoms with Crippen molar-refractivity contribution in [1.29, 1.82) is 0 Å². The first-order valence-electron chi connectivity index (χ1n) is 10.2. The summed E-state index contributed by atoms with van der Waals surface area (Å²) in [5, 5.41) is 6.80. The Morgan fingerprint density at radius 2 is 1.38 bits per heavy atom. The van der Waals surface area contributed by atoms with Gasteiger partial charge in [-0.3, -0.25) is 4.90 Å². The molecule has 0 aliphatic rings. The third-order valence-electron chi connectivity index (χ3n) is 5.41. The molecule has 6 aromatic rings. The van der Waals surface area contributed by atoms with Gasteiger partial charge in [0.05, 0.1) is 6.20 Å². The summed E-state index contributed by atoms with van der Waals surface area (Å²) in [6.45, 7) is 0. The molecule has 0 aliphatic heterocycles. The zero-order valence-electron chi connectivity index (χ0n) is 17.0. The third kappa shape index (κ3) is 3.32. The number of fused-ring (bicyclic) bond motifs is 3. The average molecular weight is 593 g/mol. The topological polar surface area (TPSA) is 34.2 Å². The monoisotopic (exact) mass is 593 g/mol. The van der Waals surface area contributed by atoms with Crippen LogP contribution < -0.4 is 4.90 Å². The number of aromatic nitrogens is 2. The van der Waals surface area contributed by atoms with Gasteiger partial charge in [0.1, 0.15) is 11.4 Å². The molecule has 32 heavy (non-hydrogen) atoms. The van der Waals surface area contributed by atoms with Gasteiger partial charge >= 0.3 is 0 Å². The minimum absolute atomic E-state index is 0. The van der Waals surface area contributed by atoms with Gasteiger partial charge in [0.2, 0.25) is 0 Å². The van der Waals surface area contributed by atoms with Crippen LogP contribution in [0.3, 0.4) is 0 Å². The summed E-state index contributed by atoms with van der Waals surface area (Å²) < 4.78 is 8.14. The number of para-hydroxylation sites is 3. The van der Waals surface area contributed by atoms with Gasteiger partial charge < -0.3 is 4.42 Å². The van der Waals surface area contributed by atoms with Crippen LogP contribution in [0.2, 0.25) is 0 Å². The van der Waals surface area contributed by atoms with E-state index in [1.165, 1.54) is 0 Å². The molecule has 157 valence electrons. The summed E-state index contributed by atoms with van der Waals surface area (Å²) in [5.41, 5.74) is 4.51. The average Bonchev–Trinajstić information content (AvgIpc) is 3.46. The maximum atomic E-state index is 6.24. The fraction of sp³-hybridized carbons (Fsp3) is 0. The van der Waals surface area contributed by atoms with Gasteiger partial charge in [-0.1, -0.05) is 60.0 Å². The SMILES string of the molecule is [Ir].[c-]1ccc2c(oc3ccccc32)c1-n1nccc1N(c1ccccc1)c1ccccc1. The predicted molar refractivity (Wildman–Crippen MR) is 124 cm³/mol. The van der Waals surface area contributed by atoms with E-state index >= 15 is 0 Å². The first kappa shape index (κ1) is 20.3. The third-order valence-corrected chi connectivity index (χ3v) is 5.41. The molecule has 0 spiro atoms. The van der Waals surface area contributed by atoms with Crippen molar-refractivity contribution in [2.45, 2.75) is 0 Å². The van der Waals surface area contributed by atoms with Gasteiger partial charge in [0.25, 0.3) is 0 Å². The second kappa shape index (κ2) is 8.46. The minimum atomic E-state index is 0. The van der Waals surface area contributed by atoms with E-state index in [0.29, 0.717) is 0 Å². The molecule has 1 radical (unpaired) electrons. The molecule has 0 bridgehead atoms. The smallest absolute Gasteiger partial charge is 0.138 e. The number of benzene rings is 4. The number of nitrogens with zero attached hydrogens (tertiary/aromatic N) is 3. The Morgan fingerprint density at radius 1 is 0.719 bits per heavy atom. The van der Waals surface area contributed by atoms with Gasteiger partial charge in [-0.25, -0.2) is 4.68 Å². The van der Waals surface area contributed by atoms with E-state index in [9.17, 15) is 0 Å². The van der Waals surface area contributed by atoms with E-state index in [0.717, 1.165) is 44.8 Å². The van der Waals surface area contributed by atoms with Crippen LogP contribution in [-0.4, -0.2) is 9.78 Å². The summed E-state index contributed by atoms with van der Waals surface area (Å²) in [6, 6.07) is 38.0. The van der Waals surface area contributed by atoms with Gasteiger partial charge in [-0.15, -0.1) is 0 Å². The van der Waals surface area contributed by atoms with Crippen molar-refractivity contribution in [1.82, 2.24) is 9.78 Å². The molecule has 4 nitrogen and oxygen atoms in total. The number of anilines is 3. The predicted octanol–water partition coefficient (Wildman–Crippen LogP) is 7.04. The maximum Gasteiger partial charge on any atom is 0.138 e. The Hall–Kier alpha value is -3.66. The second-order valence-corrected chi connectivity index (χ2v) is 7.28. The van der Waals surface area contributed by atoms with Gasteiger partial charge in [-0.2, -0.15) is 23.3 Å². The Balaban J connectivity index is 0.00000216. The zero-order valence-corrected chi connectivity index (χ0v) is 19.4. The fourth-order valence-electron chi connectivity index (χ4n) is 4.04. The van der Waals surface area contributed by atoms with E-state index in [1.54, 1.807) is 0 Å². The number of hydrogen-bond donors (Lipinski definition) is 0. The molecule has 6 rings (SSSR count). The molecular weight excluding hydrogens is 575 g/mol. The zero-order chi connectivity index (χ0) is 20.6. The van der Waals surface area contributed by atoms with Crippen molar-refractivity contribution in [2.75, 3.05) is 4.90 Å². The van der Waals surface area contributed by atoms with Crippen molar-refractivity contribution in [2.24, 2.45) is 0 Å². The Bertz CT molecular complexity index is 1450. The van der Waals surface area contributed by atoms with E-state index in [4.69, 9.17) is 4.42 Å². The Kier molecular flexibility index (Phi) is 5.36. The van der Waals surface area contributed by atoms with Crippen LogP contribution in [0.25, 0.3) is 27.6 Å². The van der Waals surface area contributed by atoms with Gasteiger partial charge in [-0.05, 0) is 36.0 Å². The van der Waals surface area contributed by atoms with Crippen LogP contribution in [0, 0.1) is 6.07 Å². The normalized spacial score (nSPS) is 10.9. The van der Waals surface area contributed by atoms with E-state index < -0.39 is 0 Å². The Labute approximate surface area is 199 Å². The van der Waals surface area contributed by atoms with Crippen LogP contribution in [0.4, 0.5) is 17.2 Å². The van der Waals surface area contributed by atoms with Crippen molar-refractivity contribution in [3.8, 4) is 5.69 Å². The molecule has 5 heteroatoms. The summed E-state index contributed by atoms with van der Waals surface area (Å²) in [5.74, 6) is 0.904. The number of hydrogen-bond acceptors (Lipinski definition) is 3. The van der Waals surface area contributed by atoms with Crippen molar-refractivity contribution >= 4 is 39.1 Å². The standard InChI is InChI=1S/C27H18N3O.Ir/c1-3-10-20(11-4-1)29(21-12-5-2-6-13-21)26-18-19-28-30(26)24-16-9-15-23-22-14-7-8-17-25(22)31-27(23)24;/h1-15,17-19H;/q-1;. The number of rotatable bonds is 4. The fourth-order valence-corrected chi connectivity index (χ4v) is 4.04. The summed E-state index contributed by atoms with van der Waals surface area (Å²) in [6.07, 6.45) is 1.81. The molecule has 0 amide bonds. The molecule has 0 N–H and O–H groups in total. The first-order chi connectivity index (χ1) is 15.4. The minimum Gasteiger partial charge on any atom is -0.513 e. The molecular formula is C27H18IrN3O-. The van der Waals surface area contributed by atoms with Crippen molar-refractivity contribution in [3.05, 3.63) is 115 Å². The quantitative estimate of drug-likeness (QED) is 0.206. The molecule has 2 heterocycles. The van der Waals surface area contributed by atoms with Crippen LogP contribution >= 0.6 is 0 Å². The molecule has 4 aromatic carbocycles. The second-order valence-electron chi connectivity index (χ2n) is 7.28. The van der Waals surface area contributed by atoms with Crippen LogP contribution in [0.5, 0.6) is 0 Å². The molecule has 2 aromatic heterocycles. The largest absolute Gasteiger partial charge is 0.513 e. The van der Waals surface area contributed by atoms with E-state index in [1.807, 2.05) is 83.7 Å². The van der Waals surface area contributed by atoms with Gasteiger partial charge in [0, 0.05) is 48.5 Å². The van der Waals surface area contributed by atoms with Gasteiger partial charge in [0.15, 0.2) is 0 Å². The number of furan rings is 1. The Morgan fingerprint density at radius 3 is 2.09 bits per heavy atom. The van der Waals surface area contributed by atoms with Crippen molar-refractivity contribution < 1.29 is 24.5 Å². The molecule has 0 unspecified atom stereocenters. The molecule has 0 aliphatic carbocycles. The van der Waals surface area contributed by atoms with Crippen LogP contribution in [0.15, 0.2) is 114 Å². The van der Waals surface area contributed by atoms with Crippen molar-refractivity contribution in [3.63, 3.8) is 0 Å². The molecule has 0 saturated carbocycles. The molecule has 0 fully saturated rings. The first-order valence-corrected chi connectivity index (χ1v) is 10.2. The molecule has 0 atom stereocenters. The summed E-state index contributed by atoms with van der Waals surface area (Å²) in [4.78, 5) is 2.18. The van der Waals surface area contributed by atoms with E-state index in [-0.39, 0.29) is 20.1 Å². The van der Waals surface area contributed by atoms with Crippen LogP contribution in [-0.2, 0) is 20.1 Å². The molecule has 0 saturated heterocycles. The maximum absolute atomic E-state index is 6.24.